The standard InChI is InChI=1S/C31H31NO6/c1-5-7-15-37-25-14-12-20(17-26(25)36-6-2)28-27-29(33)23-16-19(3)11-13-24(23)38-30(27)31(34)32(28)21-9-8-10-22(18-21)35-4/h8-14,16-18,28H,5-7,15H2,1-4H3. The fourth-order valence-corrected chi connectivity index (χ4v) is 4.84. The molecule has 1 aliphatic rings. The van der Waals surface area contributed by atoms with Crippen LogP contribution in [0.5, 0.6) is 17.2 Å². The first kappa shape index (κ1) is 25.4. The van der Waals surface area contributed by atoms with Gasteiger partial charge in [-0.2, -0.15) is 0 Å². The Balaban J connectivity index is 1.72. The van der Waals surface area contributed by atoms with E-state index in [-0.39, 0.29) is 17.1 Å². The molecule has 0 N–H and O–H groups in total. The zero-order valence-electron chi connectivity index (χ0n) is 22.1. The first-order valence-corrected chi connectivity index (χ1v) is 12.9. The summed E-state index contributed by atoms with van der Waals surface area (Å²) in [6.07, 6.45) is 1.94. The van der Waals surface area contributed by atoms with Crippen molar-refractivity contribution in [2.24, 2.45) is 0 Å². The molecule has 0 bridgehead atoms. The van der Waals surface area contributed by atoms with Gasteiger partial charge in [-0.05, 0) is 62.2 Å². The third kappa shape index (κ3) is 4.49. The molecule has 0 radical (unpaired) electrons. The van der Waals surface area contributed by atoms with E-state index in [0.717, 1.165) is 18.4 Å². The number of nitrogens with zero attached hydrogens (tertiary/aromatic N) is 1. The summed E-state index contributed by atoms with van der Waals surface area (Å²) >= 11 is 0. The molecule has 196 valence electrons. The van der Waals surface area contributed by atoms with Crippen LogP contribution in [0.4, 0.5) is 5.69 Å². The first-order valence-electron chi connectivity index (χ1n) is 12.9. The molecule has 2 heterocycles. The topological polar surface area (TPSA) is 78.2 Å². The van der Waals surface area contributed by atoms with Gasteiger partial charge in [-0.1, -0.05) is 37.1 Å². The number of methoxy groups -OCH3 is 1. The second-order valence-electron chi connectivity index (χ2n) is 9.29. The lowest BCUT2D eigenvalue weighted by Gasteiger charge is -2.26. The molecule has 4 aromatic rings. The summed E-state index contributed by atoms with van der Waals surface area (Å²) in [7, 11) is 1.57. The van der Waals surface area contributed by atoms with E-state index in [4.69, 9.17) is 18.6 Å². The smallest absolute Gasteiger partial charge is 0.295 e. The Bertz CT molecular complexity index is 1560. The van der Waals surface area contributed by atoms with Crippen molar-refractivity contribution in [3.05, 3.63) is 93.3 Å². The van der Waals surface area contributed by atoms with E-state index in [2.05, 4.69) is 6.92 Å². The third-order valence-corrected chi connectivity index (χ3v) is 6.70. The molecule has 3 aromatic carbocycles. The normalized spacial score (nSPS) is 14.6. The van der Waals surface area contributed by atoms with E-state index >= 15 is 0 Å². The molecule has 38 heavy (non-hydrogen) atoms. The van der Waals surface area contributed by atoms with Crippen molar-refractivity contribution >= 4 is 22.6 Å². The summed E-state index contributed by atoms with van der Waals surface area (Å²) in [6.45, 7) is 6.95. The van der Waals surface area contributed by atoms with Crippen LogP contribution < -0.4 is 24.5 Å². The van der Waals surface area contributed by atoms with Crippen LogP contribution in [0.15, 0.2) is 69.9 Å². The van der Waals surface area contributed by atoms with Crippen LogP contribution in [-0.4, -0.2) is 26.2 Å². The number of benzene rings is 3. The van der Waals surface area contributed by atoms with Crippen LogP contribution >= 0.6 is 0 Å². The summed E-state index contributed by atoms with van der Waals surface area (Å²) < 4.78 is 23.4. The molecule has 0 spiro atoms. The molecule has 0 saturated carbocycles. The van der Waals surface area contributed by atoms with Gasteiger partial charge in [0.25, 0.3) is 5.91 Å². The predicted octanol–water partition coefficient (Wildman–Crippen LogP) is 6.44. The fourth-order valence-electron chi connectivity index (χ4n) is 4.84. The highest BCUT2D eigenvalue weighted by molar-refractivity contribution is 6.10. The number of rotatable bonds is 9. The monoisotopic (exact) mass is 513 g/mol. The first-order chi connectivity index (χ1) is 18.5. The van der Waals surface area contributed by atoms with Crippen molar-refractivity contribution in [3.63, 3.8) is 0 Å². The number of carbonyl (C=O) groups excluding carboxylic acids is 1. The van der Waals surface area contributed by atoms with Gasteiger partial charge in [0.05, 0.1) is 37.3 Å². The van der Waals surface area contributed by atoms with Crippen LogP contribution in [0.3, 0.4) is 0 Å². The Morgan fingerprint density at radius 1 is 0.947 bits per heavy atom. The summed E-state index contributed by atoms with van der Waals surface area (Å²) in [4.78, 5) is 29.4. The Morgan fingerprint density at radius 3 is 2.55 bits per heavy atom. The molecule has 1 amide bonds. The summed E-state index contributed by atoms with van der Waals surface area (Å²) in [5.41, 5.74) is 2.70. The van der Waals surface area contributed by atoms with Gasteiger partial charge in [-0.3, -0.25) is 14.5 Å². The van der Waals surface area contributed by atoms with E-state index in [9.17, 15) is 9.59 Å². The van der Waals surface area contributed by atoms with Crippen LogP contribution in [0.25, 0.3) is 11.0 Å². The lowest BCUT2D eigenvalue weighted by Crippen LogP contribution is -2.29. The molecule has 7 heteroatoms. The fraction of sp³-hybridized carbons (Fsp3) is 0.290. The maximum Gasteiger partial charge on any atom is 0.295 e. The van der Waals surface area contributed by atoms with Gasteiger partial charge in [0.2, 0.25) is 5.76 Å². The minimum Gasteiger partial charge on any atom is -0.497 e. The van der Waals surface area contributed by atoms with E-state index in [1.165, 1.54) is 0 Å². The zero-order chi connectivity index (χ0) is 26.8. The minimum absolute atomic E-state index is 0.0420. The molecular weight excluding hydrogens is 482 g/mol. The number of hydrogen-bond acceptors (Lipinski definition) is 6. The van der Waals surface area contributed by atoms with Gasteiger partial charge in [0.1, 0.15) is 11.3 Å². The van der Waals surface area contributed by atoms with Crippen molar-refractivity contribution in [3.8, 4) is 17.2 Å². The number of amides is 1. The van der Waals surface area contributed by atoms with Crippen LogP contribution in [0.2, 0.25) is 0 Å². The van der Waals surface area contributed by atoms with Crippen molar-refractivity contribution in [1.82, 2.24) is 0 Å². The van der Waals surface area contributed by atoms with E-state index in [1.54, 1.807) is 30.2 Å². The second kappa shape index (κ2) is 10.6. The number of carbonyl (C=O) groups is 1. The molecule has 0 saturated heterocycles. The highest BCUT2D eigenvalue weighted by Crippen LogP contribution is 2.44. The average molecular weight is 514 g/mol. The minimum atomic E-state index is -0.727. The molecule has 7 nitrogen and oxygen atoms in total. The van der Waals surface area contributed by atoms with E-state index in [0.29, 0.717) is 58.2 Å². The number of unbranched alkanes of at least 4 members (excludes halogenated alkanes) is 1. The molecule has 0 fully saturated rings. The average Bonchev–Trinajstić information content (AvgIpc) is 3.22. The maximum atomic E-state index is 13.9. The number of aryl methyl sites for hydroxylation is 1. The zero-order valence-corrected chi connectivity index (χ0v) is 22.1. The van der Waals surface area contributed by atoms with Gasteiger partial charge in [-0.15, -0.1) is 0 Å². The van der Waals surface area contributed by atoms with Gasteiger partial charge in [-0.25, -0.2) is 0 Å². The summed E-state index contributed by atoms with van der Waals surface area (Å²) in [5.74, 6) is 1.44. The van der Waals surface area contributed by atoms with Crippen LogP contribution in [0, 0.1) is 6.92 Å². The highest BCUT2D eigenvalue weighted by Gasteiger charge is 2.44. The Kier molecular flexibility index (Phi) is 7.09. The largest absolute Gasteiger partial charge is 0.497 e. The lowest BCUT2D eigenvalue weighted by atomic mass is 9.97. The number of anilines is 1. The third-order valence-electron chi connectivity index (χ3n) is 6.70. The van der Waals surface area contributed by atoms with Crippen molar-refractivity contribution in [2.75, 3.05) is 25.2 Å². The van der Waals surface area contributed by atoms with Crippen LogP contribution in [-0.2, 0) is 0 Å². The number of fused-ring (bicyclic) bond motifs is 2. The van der Waals surface area contributed by atoms with Crippen molar-refractivity contribution in [1.29, 1.82) is 0 Å². The van der Waals surface area contributed by atoms with Crippen molar-refractivity contribution < 1.29 is 23.4 Å². The van der Waals surface area contributed by atoms with E-state index in [1.807, 2.05) is 56.3 Å². The Hall–Kier alpha value is -4.26. The van der Waals surface area contributed by atoms with E-state index < -0.39 is 6.04 Å². The Morgan fingerprint density at radius 2 is 1.79 bits per heavy atom. The SMILES string of the molecule is CCCCOc1ccc(C2c3c(oc4ccc(C)cc4c3=O)C(=O)N2c2cccc(OC)c2)cc1OCC. The second-order valence-corrected chi connectivity index (χ2v) is 9.29. The quantitative estimate of drug-likeness (QED) is 0.240. The van der Waals surface area contributed by atoms with Gasteiger partial charge in [0.15, 0.2) is 16.9 Å². The Labute approximate surface area is 221 Å². The molecular formula is C31H31NO6. The number of hydrogen-bond donors (Lipinski definition) is 0. The lowest BCUT2D eigenvalue weighted by molar-refractivity contribution is 0.0971. The van der Waals surface area contributed by atoms with Crippen LogP contribution in [0.1, 0.15) is 60.0 Å². The van der Waals surface area contributed by atoms with Gasteiger partial charge in [0, 0.05) is 11.8 Å². The molecule has 1 unspecified atom stereocenters. The highest BCUT2D eigenvalue weighted by atomic mass is 16.5. The van der Waals surface area contributed by atoms with Gasteiger partial charge >= 0.3 is 0 Å². The summed E-state index contributed by atoms with van der Waals surface area (Å²) in [5, 5.41) is 0.443. The predicted molar refractivity (Wildman–Crippen MR) is 147 cm³/mol. The molecule has 1 aliphatic heterocycles. The van der Waals surface area contributed by atoms with Crippen molar-refractivity contribution in [2.45, 2.75) is 39.7 Å². The molecule has 5 rings (SSSR count). The molecule has 1 aromatic heterocycles. The number of ether oxygens (including phenoxy) is 3. The molecule has 1 atom stereocenters. The van der Waals surface area contributed by atoms with Gasteiger partial charge < -0.3 is 18.6 Å². The summed E-state index contributed by atoms with van der Waals surface area (Å²) in [6, 6.07) is 17.5. The molecule has 0 aliphatic carbocycles. The maximum absolute atomic E-state index is 13.9.